The maximum atomic E-state index is 14.9. The highest BCUT2D eigenvalue weighted by Gasteiger charge is 2.35. The molecule has 0 unspecified atom stereocenters. The van der Waals surface area contributed by atoms with E-state index in [-0.39, 0.29) is 34.9 Å². The van der Waals surface area contributed by atoms with Crippen molar-refractivity contribution >= 4 is 27.5 Å². The topological polar surface area (TPSA) is 105 Å². The zero-order valence-electron chi connectivity index (χ0n) is 19.9. The van der Waals surface area contributed by atoms with E-state index in [4.69, 9.17) is 11.6 Å². The van der Waals surface area contributed by atoms with Crippen molar-refractivity contribution in [3.63, 3.8) is 0 Å². The van der Waals surface area contributed by atoms with Crippen molar-refractivity contribution in [1.29, 1.82) is 0 Å². The lowest BCUT2D eigenvalue weighted by Gasteiger charge is -2.37. The molecular weight excluding hydrogens is 531 g/mol. The molecule has 0 saturated carbocycles. The Morgan fingerprint density at radius 2 is 1.92 bits per heavy atom. The molecule has 1 amide bonds. The molecule has 1 saturated heterocycles. The van der Waals surface area contributed by atoms with Gasteiger partial charge in [-0.2, -0.15) is 5.10 Å². The van der Waals surface area contributed by atoms with E-state index >= 15 is 0 Å². The normalized spacial score (nSPS) is 20.1. The number of rotatable bonds is 7. The molecule has 0 radical (unpaired) electrons. The van der Waals surface area contributed by atoms with Gasteiger partial charge in [0.25, 0.3) is 5.91 Å². The van der Waals surface area contributed by atoms with E-state index in [0.29, 0.717) is 11.3 Å². The molecule has 37 heavy (non-hydrogen) atoms. The van der Waals surface area contributed by atoms with Gasteiger partial charge < -0.3 is 10.6 Å². The number of aromatic nitrogens is 2. The highest BCUT2D eigenvalue weighted by atomic mass is 35.5. The summed E-state index contributed by atoms with van der Waals surface area (Å²) in [4.78, 5) is 13.1. The smallest absolute Gasteiger partial charge is 0.251 e. The zero-order valence-corrected chi connectivity index (χ0v) is 21.5. The number of benzene rings is 2. The van der Waals surface area contributed by atoms with Crippen molar-refractivity contribution in [2.75, 3.05) is 19.3 Å². The summed E-state index contributed by atoms with van der Waals surface area (Å²) in [6.45, 7) is 0.157. The third-order valence-corrected chi connectivity index (χ3v) is 8.19. The molecule has 3 aromatic rings. The van der Waals surface area contributed by atoms with Gasteiger partial charge in [0.2, 0.25) is 10.0 Å². The number of nitrogens with one attached hydrogen (secondary N) is 3. The Balaban J connectivity index is 1.58. The van der Waals surface area contributed by atoms with Crippen LogP contribution in [-0.4, -0.2) is 55.5 Å². The van der Waals surface area contributed by atoms with Crippen molar-refractivity contribution in [2.24, 2.45) is 7.05 Å². The number of nitrogens with zero attached hydrogens (tertiary/aromatic N) is 2. The fraction of sp³-hybridized carbons (Fsp3) is 0.333. The molecule has 3 N–H and O–H groups in total. The molecule has 198 valence electrons. The summed E-state index contributed by atoms with van der Waals surface area (Å²) in [5.74, 6) is -4.08. The molecule has 0 spiro atoms. The Morgan fingerprint density at radius 3 is 2.54 bits per heavy atom. The number of amides is 1. The predicted molar refractivity (Wildman–Crippen MR) is 133 cm³/mol. The lowest BCUT2D eigenvalue weighted by molar-refractivity contribution is 0.0920. The number of piperidine rings is 1. The minimum atomic E-state index is -3.55. The van der Waals surface area contributed by atoms with Gasteiger partial charge in [-0.3, -0.25) is 9.48 Å². The average Bonchev–Trinajstić information content (AvgIpc) is 3.19. The average molecular weight is 556 g/mol. The van der Waals surface area contributed by atoms with Crippen LogP contribution in [0.25, 0.3) is 11.3 Å². The third-order valence-electron chi connectivity index (χ3n) is 6.45. The first-order valence-corrected chi connectivity index (χ1v) is 13.4. The van der Waals surface area contributed by atoms with Crippen LogP contribution in [-0.2, 0) is 17.1 Å². The maximum Gasteiger partial charge on any atom is 0.251 e. The summed E-state index contributed by atoms with van der Waals surface area (Å²) in [5.41, 5.74) is 0.992. The molecule has 1 fully saturated rings. The van der Waals surface area contributed by atoms with E-state index in [1.807, 2.05) is 0 Å². The minimum absolute atomic E-state index is 0.0449. The van der Waals surface area contributed by atoms with Gasteiger partial charge in [-0.05, 0) is 49.4 Å². The van der Waals surface area contributed by atoms with Gasteiger partial charge in [0.05, 0.1) is 22.7 Å². The first-order valence-electron chi connectivity index (χ1n) is 11.4. The van der Waals surface area contributed by atoms with E-state index in [1.54, 1.807) is 7.05 Å². The number of carbonyl (C=O) groups excluding carboxylic acids is 1. The number of halogens is 4. The predicted octanol–water partition coefficient (Wildman–Crippen LogP) is 2.95. The van der Waals surface area contributed by atoms with Crippen LogP contribution in [0.5, 0.6) is 0 Å². The Morgan fingerprint density at radius 1 is 1.16 bits per heavy atom. The van der Waals surface area contributed by atoms with E-state index in [2.05, 4.69) is 20.5 Å². The standard InChI is InChI=1S/C24H25ClF3N5O3S/c1-29-37(35,36)12-15-9-17(13-4-6-19(26)21(28)7-13)22(11-30-15)32-24(34)14-3-5-16(20(27)8-14)23-18(25)10-31-33(23)2/h3-8,10,15,17,22,29-30H,9,11-12H2,1-2H3,(H,32,34)/t15-,17-,22+/m0/s1. The highest BCUT2D eigenvalue weighted by Crippen LogP contribution is 2.32. The van der Waals surface area contributed by atoms with Crippen molar-refractivity contribution < 1.29 is 26.4 Å². The minimum Gasteiger partial charge on any atom is -0.347 e. The summed E-state index contributed by atoms with van der Waals surface area (Å²) < 4.78 is 70.3. The van der Waals surface area contributed by atoms with Crippen LogP contribution in [0.1, 0.15) is 28.3 Å². The van der Waals surface area contributed by atoms with Crippen molar-refractivity contribution in [2.45, 2.75) is 24.4 Å². The molecule has 8 nitrogen and oxygen atoms in total. The number of carbonyl (C=O) groups is 1. The van der Waals surface area contributed by atoms with E-state index in [0.717, 1.165) is 18.2 Å². The van der Waals surface area contributed by atoms with Gasteiger partial charge in [-0.15, -0.1) is 0 Å². The fourth-order valence-corrected chi connectivity index (χ4v) is 5.76. The van der Waals surface area contributed by atoms with Crippen LogP contribution in [0.15, 0.2) is 42.6 Å². The molecule has 1 aromatic heterocycles. The second-order valence-electron chi connectivity index (χ2n) is 8.85. The van der Waals surface area contributed by atoms with E-state index in [9.17, 15) is 26.4 Å². The first-order chi connectivity index (χ1) is 17.5. The van der Waals surface area contributed by atoms with E-state index in [1.165, 1.54) is 36.1 Å². The first kappa shape index (κ1) is 27.1. The number of hydrogen-bond acceptors (Lipinski definition) is 5. The fourth-order valence-electron chi connectivity index (χ4n) is 4.54. The number of hydrogen-bond donors (Lipinski definition) is 3. The lowest BCUT2D eigenvalue weighted by Crippen LogP contribution is -2.55. The van der Waals surface area contributed by atoms with Gasteiger partial charge >= 0.3 is 0 Å². The van der Waals surface area contributed by atoms with Crippen LogP contribution >= 0.6 is 11.6 Å². The second-order valence-corrected chi connectivity index (χ2v) is 11.2. The highest BCUT2D eigenvalue weighted by molar-refractivity contribution is 7.89. The van der Waals surface area contributed by atoms with Crippen LogP contribution < -0.4 is 15.4 Å². The van der Waals surface area contributed by atoms with Gasteiger partial charge in [-0.1, -0.05) is 17.7 Å². The number of sulfonamides is 1. The zero-order chi connectivity index (χ0) is 26.9. The van der Waals surface area contributed by atoms with Gasteiger partial charge in [0, 0.05) is 42.7 Å². The molecule has 2 heterocycles. The van der Waals surface area contributed by atoms with Crippen LogP contribution in [0.2, 0.25) is 5.02 Å². The van der Waals surface area contributed by atoms with Crippen LogP contribution in [0, 0.1) is 17.5 Å². The SMILES string of the molecule is CNS(=O)(=O)C[C@@H]1C[C@@H](c2ccc(F)c(F)c2)[C@H](NC(=O)c2ccc(-c3c(Cl)cnn3C)c(F)c2)CN1. The van der Waals surface area contributed by atoms with Gasteiger partial charge in [-0.25, -0.2) is 26.3 Å². The monoisotopic (exact) mass is 555 g/mol. The molecule has 13 heteroatoms. The Labute approximate surface area is 217 Å². The molecule has 3 atom stereocenters. The Bertz CT molecular complexity index is 1410. The molecule has 1 aliphatic heterocycles. The quantitative estimate of drug-likeness (QED) is 0.416. The molecule has 0 aliphatic carbocycles. The lowest BCUT2D eigenvalue weighted by atomic mass is 9.83. The Kier molecular flexibility index (Phi) is 7.93. The van der Waals surface area contributed by atoms with Gasteiger partial charge in [0.1, 0.15) is 5.82 Å². The summed E-state index contributed by atoms with van der Waals surface area (Å²) in [7, 11) is -0.626. The second kappa shape index (κ2) is 10.8. The maximum absolute atomic E-state index is 14.9. The third kappa shape index (κ3) is 5.98. The molecule has 4 rings (SSSR count). The van der Waals surface area contributed by atoms with Crippen molar-refractivity contribution in [3.05, 3.63) is 76.2 Å². The van der Waals surface area contributed by atoms with Crippen LogP contribution in [0.4, 0.5) is 13.2 Å². The molecule has 0 bridgehead atoms. The largest absolute Gasteiger partial charge is 0.347 e. The molecular formula is C24H25ClF3N5O3S. The van der Waals surface area contributed by atoms with Crippen molar-refractivity contribution in [1.82, 2.24) is 25.1 Å². The Hall–Kier alpha value is -2.93. The summed E-state index contributed by atoms with van der Waals surface area (Å²) in [5, 5.41) is 10.2. The molecule has 2 aromatic carbocycles. The van der Waals surface area contributed by atoms with E-state index < -0.39 is 51.4 Å². The van der Waals surface area contributed by atoms with Gasteiger partial charge in [0.15, 0.2) is 11.6 Å². The summed E-state index contributed by atoms with van der Waals surface area (Å²) >= 11 is 6.11. The van der Waals surface area contributed by atoms with Crippen LogP contribution in [0.3, 0.4) is 0 Å². The number of aryl methyl sites for hydroxylation is 1. The van der Waals surface area contributed by atoms with Crippen molar-refractivity contribution in [3.8, 4) is 11.3 Å². The summed E-state index contributed by atoms with van der Waals surface area (Å²) in [6.07, 6.45) is 1.61. The summed E-state index contributed by atoms with van der Waals surface area (Å²) in [6, 6.07) is 6.29. The molecule has 1 aliphatic rings.